The summed E-state index contributed by atoms with van der Waals surface area (Å²) < 4.78 is 24.7. The summed E-state index contributed by atoms with van der Waals surface area (Å²) in [6.45, 7) is 6.39. The van der Waals surface area contributed by atoms with Gasteiger partial charge in [-0.25, -0.2) is 4.39 Å². The molecule has 0 unspecified atom stereocenters. The van der Waals surface area contributed by atoms with Gasteiger partial charge in [-0.1, -0.05) is 24.3 Å². The minimum absolute atomic E-state index is 0.0576. The fourth-order valence-corrected chi connectivity index (χ4v) is 3.72. The first-order valence-electron chi connectivity index (χ1n) is 11.1. The van der Waals surface area contributed by atoms with Crippen LogP contribution in [-0.2, 0) is 16.1 Å². The molecule has 0 bridgehead atoms. The van der Waals surface area contributed by atoms with Gasteiger partial charge in [0.1, 0.15) is 18.2 Å². The number of carbonyl (C=O) groups excluding carboxylic acids is 2. The molecule has 3 rings (SSSR count). The normalized spacial score (nSPS) is 14.3. The number of hydrogen-bond acceptors (Lipinski definition) is 4. The first-order chi connectivity index (χ1) is 15.5. The van der Waals surface area contributed by atoms with Crippen LogP contribution in [0.25, 0.3) is 0 Å². The van der Waals surface area contributed by atoms with Crippen molar-refractivity contribution in [3.05, 3.63) is 65.0 Å². The Morgan fingerprint density at radius 1 is 1.12 bits per heavy atom. The molecule has 0 saturated carbocycles. The van der Waals surface area contributed by atoms with E-state index in [2.05, 4.69) is 5.32 Å². The summed E-state index contributed by atoms with van der Waals surface area (Å²) in [5, 5.41) is 2.89. The number of halogens is 1. The minimum Gasteiger partial charge on any atom is -0.490 e. The third-order valence-corrected chi connectivity index (χ3v) is 5.66. The number of nitrogens with one attached hydrogen (secondary N) is 1. The molecule has 0 spiro atoms. The molecule has 2 amide bonds. The monoisotopic (exact) mass is 442 g/mol. The van der Waals surface area contributed by atoms with E-state index in [9.17, 15) is 14.0 Å². The van der Waals surface area contributed by atoms with E-state index >= 15 is 0 Å². The lowest BCUT2D eigenvalue weighted by Gasteiger charge is -2.31. The van der Waals surface area contributed by atoms with Crippen LogP contribution >= 0.6 is 0 Å². The molecule has 1 aliphatic heterocycles. The van der Waals surface area contributed by atoms with Crippen LogP contribution in [0.5, 0.6) is 5.75 Å². The summed E-state index contributed by atoms with van der Waals surface area (Å²) >= 11 is 0. The standard InChI is InChI=1S/C25H31FN2O4/c1-3-31-14-15-32-23-7-5-4-6-21(23)25(30)28-12-10-20(11-13-28)24(29)27-17-19-9-8-18(2)22(26)16-19/h4-9,16,20H,3,10-15,17H2,1-2H3,(H,27,29). The van der Waals surface area contributed by atoms with E-state index in [1.54, 1.807) is 30.0 Å². The van der Waals surface area contributed by atoms with Gasteiger partial charge in [-0.2, -0.15) is 0 Å². The molecule has 7 heteroatoms. The first-order valence-corrected chi connectivity index (χ1v) is 11.1. The SMILES string of the molecule is CCOCCOc1ccccc1C(=O)N1CCC(C(=O)NCc2ccc(C)c(F)c2)CC1. The molecule has 172 valence electrons. The van der Waals surface area contributed by atoms with Crippen molar-refractivity contribution in [2.75, 3.05) is 32.9 Å². The van der Waals surface area contributed by atoms with E-state index in [1.807, 2.05) is 25.1 Å². The number of carbonyl (C=O) groups is 2. The molecule has 0 radical (unpaired) electrons. The largest absolute Gasteiger partial charge is 0.490 e. The number of hydrogen-bond donors (Lipinski definition) is 1. The fraction of sp³-hybridized carbons (Fsp3) is 0.440. The third kappa shape index (κ3) is 6.29. The van der Waals surface area contributed by atoms with E-state index in [-0.39, 0.29) is 23.5 Å². The van der Waals surface area contributed by atoms with Crippen molar-refractivity contribution in [1.82, 2.24) is 10.2 Å². The predicted octanol–water partition coefficient (Wildman–Crippen LogP) is 3.72. The average molecular weight is 443 g/mol. The molecule has 1 N–H and O–H groups in total. The molecule has 0 atom stereocenters. The van der Waals surface area contributed by atoms with Crippen LogP contribution in [0, 0.1) is 18.7 Å². The number of rotatable bonds is 9. The number of ether oxygens (including phenoxy) is 2. The predicted molar refractivity (Wildman–Crippen MR) is 120 cm³/mol. The molecule has 0 aliphatic carbocycles. The number of piperidine rings is 1. The van der Waals surface area contributed by atoms with E-state index < -0.39 is 0 Å². The van der Waals surface area contributed by atoms with Gasteiger partial charge >= 0.3 is 0 Å². The molecule has 0 aromatic heterocycles. The lowest BCUT2D eigenvalue weighted by molar-refractivity contribution is -0.126. The highest BCUT2D eigenvalue weighted by atomic mass is 19.1. The number of aryl methyl sites for hydroxylation is 1. The Morgan fingerprint density at radius 2 is 1.88 bits per heavy atom. The second kappa shape index (κ2) is 11.6. The molecule has 32 heavy (non-hydrogen) atoms. The van der Waals surface area contributed by atoms with Crippen molar-refractivity contribution >= 4 is 11.8 Å². The molecular weight excluding hydrogens is 411 g/mol. The van der Waals surface area contributed by atoms with Crippen molar-refractivity contribution in [1.29, 1.82) is 0 Å². The Balaban J connectivity index is 1.50. The zero-order valence-electron chi connectivity index (χ0n) is 18.7. The Bertz CT molecular complexity index is 926. The summed E-state index contributed by atoms with van der Waals surface area (Å²) in [7, 11) is 0. The van der Waals surface area contributed by atoms with Gasteiger partial charge in [0.25, 0.3) is 5.91 Å². The van der Waals surface area contributed by atoms with E-state index in [4.69, 9.17) is 9.47 Å². The molecule has 2 aromatic rings. The number of likely N-dealkylation sites (tertiary alicyclic amines) is 1. The Labute approximate surface area is 188 Å². The lowest BCUT2D eigenvalue weighted by atomic mass is 9.95. The summed E-state index contributed by atoms with van der Waals surface area (Å²) in [4.78, 5) is 27.4. The van der Waals surface area contributed by atoms with Crippen LogP contribution in [0.3, 0.4) is 0 Å². The van der Waals surface area contributed by atoms with E-state index in [0.29, 0.717) is 69.2 Å². The van der Waals surface area contributed by atoms with Gasteiger partial charge in [-0.15, -0.1) is 0 Å². The quantitative estimate of drug-likeness (QED) is 0.601. The average Bonchev–Trinajstić information content (AvgIpc) is 2.82. The van der Waals surface area contributed by atoms with Gasteiger partial charge < -0.3 is 19.7 Å². The minimum atomic E-state index is -0.272. The topological polar surface area (TPSA) is 67.9 Å². The van der Waals surface area contributed by atoms with Gasteiger partial charge in [0.15, 0.2) is 0 Å². The summed E-state index contributed by atoms with van der Waals surface area (Å²) in [5.41, 5.74) is 1.83. The third-order valence-electron chi connectivity index (χ3n) is 5.66. The molecule has 1 fully saturated rings. The molecule has 1 aliphatic rings. The van der Waals surface area contributed by atoms with Gasteiger partial charge in [0.05, 0.1) is 12.2 Å². The van der Waals surface area contributed by atoms with Crippen molar-refractivity contribution in [2.45, 2.75) is 33.2 Å². The molecule has 1 heterocycles. The second-order valence-corrected chi connectivity index (χ2v) is 7.91. The van der Waals surface area contributed by atoms with Crippen LogP contribution in [0.15, 0.2) is 42.5 Å². The highest BCUT2D eigenvalue weighted by Crippen LogP contribution is 2.24. The molecular formula is C25H31FN2O4. The van der Waals surface area contributed by atoms with Crippen LogP contribution in [0.2, 0.25) is 0 Å². The van der Waals surface area contributed by atoms with Crippen molar-refractivity contribution in [3.8, 4) is 5.75 Å². The highest BCUT2D eigenvalue weighted by Gasteiger charge is 2.28. The molecule has 6 nitrogen and oxygen atoms in total. The maximum absolute atomic E-state index is 13.7. The van der Waals surface area contributed by atoms with Crippen LogP contribution < -0.4 is 10.1 Å². The van der Waals surface area contributed by atoms with E-state index in [1.165, 1.54) is 6.07 Å². The van der Waals surface area contributed by atoms with Gasteiger partial charge in [0.2, 0.25) is 5.91 Å². The summed E-state index contributed by atoms with van der Waals surface area (Å²) in [6, 6.07) is 12.2. The number of nitrogens with zero attached hydrogens (tertiary/aromatic N) is 1. The lowest BCUT2D eigenvalue weighted by Crippen LogP contribution is -2.43. The molecule has 1 saturated heterocycles. The van der Waals surface area contributed by atoms with Crippen molar-refractivity contribution < 1.29 is 23.5 Å². The van der Waals surface area contributed by atoms with Crippen LogP contribution in [-0.4, -0.2) is 49.6 Å². The van der Waals surface area contributed by atoms with Crippen LogP contribution in [0.1, 0.15) is 41.3 Å². The maximum Gasteiger partial charge on any atom is 0.257 e. The second-order valence-electron chi connectivity index (χ2n) is 7.91. The Morgan fingerprint density at radius 3 is 2.59 bits per heavy atom. The smallest absolute Gasteiger partial charge is 0.257 e. The van der Waals surface area contributed by atoms with Crippen molar-refractivity contribution in [2.24, 2.45) is 5.92 Å². The first kappa shape index (κ1) is 23.7. The van der Waals surface area contributed by atoms with Gasteiger partial charge in [-0.05, 0) is 56.0 Å². The zero-order chi connectivity index (χ0) is 22.9. The van der Waals surface area contributed by atoms with E-state index in [0.717, 1.165) is 5.56 Å². The van der Waals surface area contributed by atoms with Crippen LogP contribution in [0.4, 0.5) is 4.39 Å². The van der Waals surface area contributed by atoms with Crippen molar-refractivity contribution in [3.63, 3.8) is 0 Å². The number of benzene rings is 2. The van der Waals surface area contributed by atoms with Gasteiger partial charge in [-0.3, -0.25) is 9.59 Å². The maximum atomic E-state index is 13.7. The molecule has 2 aromatic carbocycles. The summed E-state index contributed by atoms with van der Waals surface area (Å²) in [6.07, 6.45) is 1.18. The highest BCUT2D eigenvalue weighted by molar-refractivity contribution is 5.97. The summed E-state index contributed by atoms with van der Waals surface area (Å²) in [5.74, 6) is -0.0381. The fourth-order valence-electron chi connectivity index (χ4n) is 3.72. The number of para-hydroxylation sites is 1. The number of amides is 2. The zero-order valence-corrected chi connectivity index (χ0v) is 18.7. The Hall–Kier alpha value is -2.93. The van der Waals surface area contributed by atoms with Gasteiger partial charge in [0, 0.05) is 32.2 Å². The Kier molecular flexibility index (Phi) is 8.62.